The summed E-state index contributed by atoms with van der Waals surface area (Å²) in [5.74, 6) is 0.834. The van der Waals surface area contributed by atoms with Crippen LogP contribution in [0.5, 0.6) is 11.5 Å². The Kier molecular flexibility index (Phi) is 5.73. The fraction of sp³-hybridized carbons (Fsp3) is 0.316. The first-order valence-corrected chi connectivity index (χ1v) is 9.46. The number of aldehydes is 1. The van der Waals surface area contributed by atoms with E-state index >= 15 is 0 Å². The van der Waals surface area contributed by atoms with Crippen molar-refractivity contribution in [1.82, 2.24) is 4.72 Å². The van der Waals surface area contributed by atoms with Gasteiger partial charge in [0.2, 0.25) is 10.0 Å². The normalized spacial score (nSPS) is 11.9. The number of ether oxygens (including phenoxy) is 2. The highest BCUT2D eigenvalue weighted by atomic mass is 32.2. The topological polar surface area (TPSA) is 81.7 Å². The van der Waals surface area contributed by atoms with Crippen molar-refractivity contribution >= 4 is 16.3 Å². The average Bonchev–Trinajstić information content (AvgIpc) is 2.58. The molecule has 0 bridgehead atoms. The fourth-order valence-corrected chi connectivity index (χ4v) is 4.06. The van der Waals surface area contributed by atoms with E-state index in [1.807, 2.05) is 0 Å². The largest absolute Gasteiger partial charge is 0.496 e. The number of rotatable bonds is 6. The highest BCUT2D eigenvalue weighted by Gasteiger charge is 2.24. The minimum atomic E-state index is -3.72. The Morgan fingerprint density at radius 3 is 2.23 bits per heavy atom. The molecule has 0 aliphatic rings. The van der Waals surface area contributed by atoms with Crippen molar-refractivity contribution in [3.8, 4) is 22.6 Å². The van der Waals surface area contributed by atoms with Gasteiger partial charge in [0.25, 0.3) is 0 Å². The molecule has 2 rings (SSSR count). The first-order valence-electron chi connectivity index (χ1n) is 7.97. The van der Waals surface area contributed by atoms with Crippen molar-refractivity contribution in [2.45, 2.75) is 31.2 Å². The number of methoxy groups -OCH3 is 2. The molecule has 0 atom stereocenters. The van der Waals surface area contributed by atoms with Gasteiger partial charge in [-0.25, -0.2) is 13.1 Å². The molecule has 6 nitrogen and oxygen atoms in total. The van der Waals surface area contributed by atoms with Gasteiger partial charge in [-0.1, -0.05) is 12.1 Å². The Hall–Kier alpha value is -2.38. The molecule has 140 valence electrons. The smallest absolute Gasteiger partial charge is 0.241 e. The second kappa shape index (κ2) is 7.47. The van der Waals surface area contributed by atoms with Crippen LogP contribution in [0.4, 0.5) is 0 Å². The highest BCUT2D eigenvalue weighted by Crippen LogP contribution is 2.39. The van der Waals surface area contributed by atoms with Crippen molar-refractivity contribution in [3.05, 3.63) is 42.0 Å². The molecule has 0 amide bonds. The molecule has 2 aromatic rings. The van der Waals surface area contributed by atoms with E-state index in [1.54, 1.807) is 45.0 Å². The summed E-state index contributed by atoms with van der Waals surface area (Å²) in [4.78, 5) is 11.4. The standard InChI is InChI=1S/C19H23NO5S/c1-19(2,3)20-26(22,23)14-9-10-17(24-4)16(11-14)15-8-6-7-13(12-21)18(15)25-5/h6-12,20H,1-5H3. The van der Waals surface area contributed by atoms with Crippen LogP contribution in [0.3, 0.4) is 0 Å². The molecule has 0 saturated heterocycles. The molecule has 0 fully saturated rings. The van der Waals surface area contributed by atoms with Crippen LogP contribution in [0.15, 0.2) is 41.3 Å². The quantitative estimate of drug-likeness (QED) is 0.782. The van der Waals surface area contributed by atoms with Gasteiger partial charge in [0.05, 0.1) is 24.7 Å². The maximum atomic E-state index is 12.7. The lowest BCUT2D eigenvalue weighted by molar-refractivity contribution is 0.112. The Balaban J connectivity index is 2.69. The van der Waals surface area contributed by atoms with Gasteiger partial charge in [0.15, 0.2) is 6.29 Å². The second-order valence-corrected chi connectivity index (χ2v) is 8.45. The predicted molar refractivity (Wildman–Crippen MR) is 100 cm³/mol. The van der Waals surface area contributed by atoms with Crippen LogP contribution in [0.2, 0.25) is 0 Å². The van der Waals surface area contributed by atoms with Crippen LogP contribution in [0, 0.1) is 0 Å². The third-order valence-corrected chi connectivity index (χ3v) is 5.34. The molecule has 26 heavy (non-hydrogen) atoms. The number of para-hydroxylation sites is 1. The van der Waals surface area contributed by atoms with Gasteiger partial charge in [-0.05, 0) is 45.0 Å². The lowest BCUT2D eigenvalue weighted by Crippen LogP contribution is -2.40. The number of benzene rings is 2. The number of hydrogen-bond donors (Lipinski definition) is 1. The molecular formula is C19H23NO5S. The average molecular weight is 377 g/mol. The minimum Gasteiger partial charge on any atom is -0.496 e. The van der Waals surface area contributed by atoms with Crippen LogP contribution < -0.4 is 14.2 Å². The summed E-state index contributed by atoms with van der Waals surface area (Å²) in [5, 5.41) is 0. The van der Waals surface area contributed by atoms with Crippen LogP contribution in [0.1, 0.15) is 31.1 Å². The van der Waals surface area contributed by atoms with Crippen LogP contribution >= 0.6 is 0 Å². The zero-order chi connectivity index (χ0) is 19.5. The molecule has 0 aliphatic carbocycles. The first-order chi connectivity index (χ1) is 12.1. The summed E-state index contributed by atoms with van der Waals surface area (Å²) in [5.41, 5.74) is 0.841. The summed E-state index contributed by atoms with van der Waals surface area (Å²) >= 11 is 0. The Morgan fingerprint density at radius 2 is 1.69 bits per heavy atom. The van der Waals surface area contributed by atoms with E-state index in [9.17, 15) is 13.2 Å². The van der Waals surface area contributed by atoms with Gasteiger partial charge in [0.1, 0.15) is 11.5 Å². The first kappa shape index (κ1) is 19.9. The van der Waals surface area contributed by atoms with Crippen molar-refractivity contribution in [1.29, 1.82) is 0 Å². The molecule has 0 heterocycles. The summed E-state index contributed by atoms with van der Waals surface area (Å²) in [6.45, 7) is 5.31. The maximum absolute atomic E-state index is 12.7. The van der Waals surface area contributed by atoms with Gasteiger partial charge >= 0.3 is 0 Å². The lowest BCUT2D eigenvalue weighted by Gasteiger charge is -2.21. The summed E-state index contributed by atoms with van der Waals surface area (Å²) in [7, 11) is -0.770. The van der Waals surface area contributed by atoms with E-state index in [2.05, 4.69) is 4.72 Å². The van der Waals surface area contributed by atoms with E-state index in [0.29, 0.717) is 34.5 Å². The number of hydrogen-bond acceptors (Lipinski definition) is 5. The van der Waals surface area contributed by atoms with Crippen molar-refractivity contribution in [2.75, 3.05) is 14.2 Å². The van der Waals surface area contributed by atoms with E-state index in [4.69, 9.17) is 9.47 Å². The Labute approximate surface area is 154 Å². The number of nitrogens with one attached hydrogen (secondary N) is 1. The molecule has 0 radical (unpaired) electrons. The lowest BCUT2D eigenvalue weighted by atomic mass is 10.0. The molecule has 7 heteroatoms. The van der Waals surface area contributed by atoms with Gasteiger partial charge in [-0.15, -0.1) is 0 Å². The zero-order valence-electron chi connectivity index (χ0n) is 15.5. The summed E-state index contributed by atoms with van der Waals surface area (Å²) < 4.78 is 38.7. The van der Waals surface area contributed by atoms with Crippen molar-refractivity contribution in [2.24, 2.45) is 0 Å². The molecule has 0 aromatic heterocycles. The van der Waals surface area contributed by atoms with Gasteiger partial charge in [0, 0.05) is 16.7 Å². The van der Waals surface area contributed by atoms with E-state index in [-0.39, 0.29) is 4.90 Å². The zero-order valence-corrected chi connectivity index (χ0v) is 16.3. The summed E-state index contributed by atoms with van der Waals surface area (Å²) in [6.07, 6.45) is 0.691. The monoisotopic (exact) mass is 377 g/mol. The molecule has 0 aliphatic heterocycles. The Morgan fingerprint density at radius 1 is 1.00 bits per heavy atom. The van der Waals surface area contributed by atoms with Crippen LogP contribution in [-0.2, 0) is 10.0 Å². The predicted octanol–water partition coefficient (Wildman–Crippen LogP) is 3.26. The van der Waals surface area contributed by atoms with Gasteiger partial charge in [-0.3, -0.25) is 4.79 Å². The van der Waals surface area contributed by atoms with Gasteiger partial charge in [-0.2, -0.15) is 0 Å². The van der Waals surface area contributed by atoms with Crippen molar-refractivity contribution in [3.63, 3.8) is 0 Å². The van der Waals surface area contributed by atoms with E-state index < -0.39 is 15.6 Å². The van der Waals surface area contributed by atoms with Crippen molar-refractivity contribution < 1.29 is 22.7 Å². The molecular weight excluding hydrogens is 354 g/mol. The minimum absolute atomic E-state index is 0.0989. The molecule has 1 N–H and O–H groups in total. The molecule has 2 aromatic carbocycles. The maximum Gasteiger partial charge on any atom is 0.241 e. The number of sulfonamides is 1. The van der Waals surface area contributed by atoms with Crippen LogP contribution in [0.25, 0.3) is 11.1 Å². The van der Waals surface area contributed by atoms with Gasteiger partial charge < -0.3 is 9.47 Å². The third-order valence-electron chi connectivity index (χ3n) is 3.59. The molecule has 0 saturated carbocycles. The molecule has 0 unspecified atom stereocenters. The number of carbonyl (C=O) groups is 1. The summed E-state index contributed by atoms with van der Waals surface area (Å²) in [6, 6.07) is 9.65. The SMILES string of the molecule is COc1ccc(S(=O)(=O)NC(C)(C)C)cc1-c1cccc(C=O)c1OC. The molecule has 0 spiro atoms. The van der Waals surface area contributed by atoms with E-state index in [0.717, 1.165) is 0 Å². The third kappa shape index (κ3) is 4.23. The van der Waals surface area contributed by atoms with E-state index in [1.165, 1.54) is 26.4 Å². The fourth-order valence-electron chi connectivity index (χ4n) is 2.61. The van der Waals surface area contributed by atoms with Crippen LogP contribution in [-0.4, -0.2) is 34.5 Å². The highest BCUT2D eigenvalue weighted by molar-refractivity contribution is 7.89. The number of carbonyl (C=O) groups excluding carboxylic acids is 1. The Bertz CT molecular complexity index is 914. The second-order valence-electron chi connectivity index (χ2n) is 6.76.